The van der Waals surface area contributed by atoms with Gasteiger partial charge < -0.3 is 0 Å². The van der Waals surface area contributed by atoms with E-state index in [1.54, 1.807) is 0 Å². The quantitative estimate of drug-likeness (QED) is 0.473. The number of hydrogen-bond acceptors (Lipinski definition) is 0. The fourth-order valence-electron chi connectivity index (χ4n) is 2.30. The predicted octanol–water partition coefficient (Wildman–Crippen LogP) is 5.60. The van der Waals surface area contributed by atoms with Crippen molar-refractivity contribution < 1.29 is 8.78 Å². The van der Waals surface area contributed by atoms with Crippen LogP contribution in [0.5, 0.6) is 0 Å². The van der Waals surface area contributed by atoms with Gasteiger partial charge in [-0.25, -0.2) is 0 Å². The molecule has 1 rings (SSSR count). The van der Waals surface area contributed by atoms with Crippen LogP contribution in [0.25, 0.3) is 0 Å². The summed E-state index contributed by atoms with van der Waals surface area (Å²) >= 11 is 0. The lowest BCUT2D eigenvalue weighted by molar-refractivity contribution is 0.422. The fourth-order valence-corrected chi connectivity index (χ4v) is 2.30. The summed E-state index contributed by atoms with van der Waals surface area (Å²) in [6.45, 7) is 0. The van der Waals surface area contributed by atoms with Crippen molar-refractivity contribution in [3.8, 4) is 0 Å². The lowest BCUT2D eigenvalue weighted by Crippen LogP contribution is -1.89. The summed E-state index contributed by atoms with van der Waals surface area (Å²) in [7, 11) is 0. The van der Waals surface area contributed by atoms with E-state index in [1.165, 1.54) is 44.9 Å². The summed E-state index contributed by atoms with van der Waals surface area (Å²) in [5.74, 6) is 0. The largest absolute Gasteiger partial charge is 0.313 e. The van der Waals surface area contributed by atoms with Crippen LogP contribution in [0.2, 0.25) is 0 Å². The lowest BCUT2D eigenvalue weighted by Gasteiger charge is -2.08. The van der Waals surface area contributed by atoms with Crippen molar-refractivity contribution in [2.24, 2.45) is 0 Å². The number of allylic oxidation sites excluding steroid dienone is 1. The van der Waals surface area contributed by atoms with Gasteiger partial charge in [-0.15, -0.1) is 0 Å². The van der Waals surface area contributed by atoms with Gasteiger partial charge in [-0.3, -0.25) is 0 Å². The van der Waals surface area contributed by atoms with Crippen LogP contribution in [-0.2, 0) is 0 Å². The minimum Gasteiger partial charge on any atom is -0.164 e. The van der Waals surface area contributed by atoms with E-state index in [-0.39, 0.29) is 0 Å². The molecule has 0 atom stereocenters. The van der Waals surface area contributed by atoms with Crippen molar-refractivity contribution in [3.05, 3.63) is 17.4 Å². The summed E-state index contributed by atoms with van der Waals surface area (Å²) in [5.41, 5.74) is 3.07. The van der Waals surface area contributed by atoms with Crippen molar-refractivity contribution in [2.45, 2.75) is 70.6 Å². The molecule has 0 spiro atoms. The Kier molecular flexibility index (Phi) is 7.16. The molecule has 16 heavy (non-hydrogen) atoms. The number of hydrogen-bond donors (Lipinski definition) is 0. The Morgan fingerprint density at radius 3 is 1.44 bits per heavy atom. The second-order valence-corrected chi connectivity index (χ2v) is 4.67. The first-order valence-corrected chi connectivity index (χ1v) is 6.59. The van der Waals surface area contributed by atoms with Gasteiger partial charge in [0.25, 0.3) is 0 Å². The molecular formula is C14H22F2. The summed E-state index contributed by atoms with van der Waals surface area (Å²) in [6, 6.07) is 0. The summed E-state index contributed by atoms with van der Waals surface area (Å²) in [4.78, 5) is 0. The van der Waals surface area contributed by atoms with Crippen LogP contribution in [0.4, 0.5) is 8.78 Å². The molecule has 0 aromatic carbocycles. The van der Waals surface area contributed by atoms with E-state index in [9.17, 15) is 8.78 Å². The molecular weight excluding hydrogens is 206 g/mol. The van der Waals surface area contributed by atoms with Crippen LogP contribution in [0.3, 0.4) is 0 Å². The van der Waals surface area contributed by atoms with Crippen molar-refractivity contribution in [3.63, 3.8) is 0 Å². The Labute approximate surface area is 97.4 Å². The minimum atomic E-state index is -1.65. The van der Waals surface area contributed by atoms with Gasteiger partial charge >= 0.3 is 6.08 Å². The van der Waals surface area contributed by atoms with Gasteiger partial charge in [0.05, 0.1) is 0 Å². The molecule has 0 radical (unpaired) electrons. The third-order valence-corrected chi connectivity index (χ3v) is 3.23. The highest BCUT2D eigenvalue weighted by Crippen LogP contribution is 2.20. The number of halogens is 2. The molecule has 0 heterocycles. The van der Waals surface area contributed by atoms with E-state index in [0.29, 0.717) is 0 Å². The predicted molar refractivity (Wildman–Crippen MR) is 63.5 cm³/mol. The standard InChI is InChI=1S/C14H22F2/c15-14(16)12-13-10-8-6-4-2-1-3-5-7-9-11-13/h1-11H2. The SMILES string of the molecule is FC(F)=C=C1CCCCCCCCCCC1. The molecule has 1 fully saturated rings. The topological polar surface area (TPSA) is 0 Å². The average Bonchev–Trinajstić information content (AvgIpc) is 2.21. The first-order chi connectivity index (χ1) is 7.79. The first kappa shape index (κ1) is 13.4. The molecule has 1 aliphatic carbocycles. The van der Waals surface area contributed by atoms with Crippen LogP contribution >= 0.6 is 0 Å². The first-order valence-electron chi connectivity index (χ1n) is 6.59. The normalized spacial score (nSPS) is 20.5. The maximum absolute atomic E-state index is 12.2. The van der Waals surface area contributed by atoms with Gasteiger partial charge in [-0.05, 0) is 31.3 Å². The Morgan fingerprint density at radius 1 is 0.688 bits per heavy atom. The highest BCUT2D eigenvalue weighted by molar-refractivity contribution is 5.02. The van der Waals surface area contributed by atoms with Crippen LogP contribution in [0.15, 0.2) is 17.4 Å². The molecule has 0 amide bonds. The minimum absolute atomic E-state index is 0.817. The maximum atomic E-state index is 12.2. The van der Waals surface area contributed by atoms with Gasteiger partial charge in [0.15, 0.2) is 0 Å². The zero-order valence-corrected chi connectivity index (χ0v) is 10.0. The molecule has 1 saturated carbocycles. The van der Waals surface area contributed by atoms with Crippen LogP contribution in [0, 0.1) is 0 Å². The highest BCUT2D eigenvalue weighted by atomic mass is 19.3. The molecule has 0 unspecified atom stereocenters. The average molecular weight is 228 g/mol. The molecule has 0 aromatic heterocycles. The third kappa shape index (κ3) is 6.79. The van der Waals surface area contributed by atoms with Gasteiger partial charge in [0.2, 0.25) is 0 Å². The molecule has 0 nitrogen and oxygen atoms in total. The smallest absolute Gasteiger partial charge is 0.164 e. The van der Waals surface area contributed by atoms with E-state index in [0.717, 1.165) is 31.3 Å². The zero-order valence-electron chi connectivity index (χ0n) is 10.0. The van der Waals surface area contributed by atoms with E-state index in [1.807, 2.05) is 0 Å². The van der Waals surface area contributed by atoms with E-state index >= 15 is 0 Å². The molecule has 0 bridgehead atoms. The molecule has 0 N–H and O–H groups in total. The summed E-state index contributed by atoms with van der Waals surface area (Å²) in [5, 5.41) is 0. The Morgan fingerprint density at radius 2 is 1.06 bits per heavy atom. The van der Waals surface area contributed by atoms with Crippen molar-refractivity contribution in [2.75, 3.05) is 0 Å². The second kappa shape index (κ2) is 8.52. The Balaban J connectivity index is 2.46. The van der Waals surface area contributed by atoms with Crippen molar-refractivity contribution in [1.29, 1.82) is 0 Å². The molecule has 92 valence electrons. The Hall–Kier alpha value is -0.620. The Bertz CT molecular complexity index is 231. The molecule has 0 saturated heterocycles. The monoisotopic (exact) mass is 228 g/mol. The van der Waals surface area contributed by atoms with Crippen LogP contribution in [0.1, 0.15) is 70.6 Å². The van der Waals surface area contributed by atoms with Crippen LogP contribution in [-0.4, -0.2) is 0 Å². The second-order valence-electron chi connectivity index (χ2n) is 4.67. The summed E-state index contributed by atoms with van der Waals surface area (Å²) < 4.78 is 24.3. The molecule has 2 heteroatoms. The van der Waals surface area contributed by atoms with Gasteiger partial charge in [-0.2, -0.15) is 8.78 Å². The summed E-state index contributed by atoms with van der Waals surface area (Å²) in [6.07, 6.45) is 10.9. The molecule has 0 aliphatic heterocycles. The van der Waals surface area contributed by atoms with Crippen molar-refractivity contribution in [1.82, 2.24) is 0 Å². The molecule has 1 aliphatic rings. The number of rotatable bonds is 0. The molecule has 0 aromatic rings. The zero-order chi connectivity index (χ0) is 11.6. The van der Waals surface area contributed by atoms with E-state index in [2.05, 4.69) is 5.73 Å². The van der Waals surface area contributed by atoms with Gasteiger partial charge in [-0.1, -0.05) is 50.7 Å². The van der Waals surface area contributed by atoms with E-state index in [4.69, 9.17) is 0 Å². The van der Waals surface area contributed by atoms with Crippen LogP contribution < -0.4 is 0 Å². The van der Waals surface area contributed by atoms with Gasteiger partial charge in [0.1, 0.15) is 0 Å². The van der Waals surface area contributed by atoms with E-state index < -0.39 is 6.08 Å². The third-order valence-electron chi connectivity index (χ3n) is 3.23. The maximum Gasteiger partial charge on any atom is 0.313 e. The highest BCUT2D eigenvalue weighted by Gasteiger charge is 2.02. The lowest BCUT2D eigenvalue weighted by atomic mass is 9.98. The fraction of sp³-hybridized carbons (Fsp3) is 0.786. The van der Waals surface area contributed by atoms with Crippen molar-refractivity contribution >= 4 is 0 Å². The van der Waals surface area contributed by atoms with Gasteiger partial charge in [0, 0.05) is 0 Å².